The highest BCUT2D eigenvalue weighted by atomic mass is 79.9. The summed E-state index contributed by atoms with van der Waals surface area (Å²) in [6.45, 7) is 2.71. The van der Waals surface area contributed by atoms with E-state index in [1.165, 1.54) is 6.07 Å². The Balaban J connectivity index is 1.97. The Morgan fingerprint density at radius 3 is 2.86 bits per heavy atom. The summed E-state index contributed by atoms with van der Waals surface area (Å²) in [4.78, 5) is 8.86. The lowest BCUT2D eigenvalue weighted by Gasteiger charge is -2.07. The minimum Gasteiger partial charge on any atom is -0.327 e. The van der Waals surface area contributed by atoms with Gasteiger partial charge in [-0.25, -0.2) is 14.4 Å². The Bertz CT molecular complexity index is 799. The van der Waals surface area contributed by atoms with Gasteiger partial charge in [0.15, 0.2) is 0 Å². The van der Waals surface area contributed by atoms with Gasteiger partial charge in [-0.3, -0.25) is 0 Å². The van der Waals surface area contributed by atoms with Gasteiger partial charge < -0.3 is 4.57 Å². The molecule has 3 nitrogen and oxygen atoms in total. The van der Waals surface area contributed by atoms with Gasteiger partial charge in [0.25, 0.3) is 0 Å². The average Bonchev–Trinajstić information content (AvgIpc) is 3.01. The van der Waals surface area contributed by atoms with Crippen LogP contribution in [0.5, 0.6) is 0 Å². The third-order valence-corrected chi connectivity index (χ3v) is 4.92. The molecule has 3 aromatic rings. The van der Waals surface area contributed by atoms with Crippen molar-refractivity contribution in [3.63, 3.8) is 0 Å². The predicted octanol–water partition coefficient (Wildman–Crippen LogP) is 4.68. The van der Waals surface area contributed by atoms with Crippen LogP contribution in [0.3, 0.4) is 0 Å². The number of hydrogen-bond acceptors (Lipinski definition) is 3. The Morgan fingerprint density at radius 2 is 2.19 bits per heavy atom. The van der Waals surface area contributed by atoms with Crippen LogP contribution in [0.25, 0.3) is 11.0 Å². The molecule has 0 aliphatic heterocycles. The number of hydrogen-bond donors (Lipinski definition) is 0. The average molecular weight is 389 g/mol. The first-order valence-corrected chi connectivity index (χ1v) is 8.60. The van der Waals surface area contributed by atoms with Gasteiger partial charge in [0.1, 0.15) is 11.6 Å². The molecule has 0 amide bonds. The molecule has 0 radical (unpaired) electrons. The first kappa shape index (κ1) is 14.9. The lowest BCUT2D eigenvalue weighted by molar-refractivity contribution is 0.622. The van der Waals surface area contributed by atoms with Gasteiger partial charge in [-0.05, 0) is 28.9 Å². The normalized spacial score (nSPS) is 11.4. The Labute approximate surface area is 138 Å². The molecule has 7 heteroatoms. The summed E-state index contributed by atoms with van der Waals surface area (Å²) in [5, 5.41) is 3.12. The third-order valence-electron chi connectivity index (χ3n) is 3.25. The largest absolute Gasteiger partial charge is 0.327 e. The fraction of sp³-hybridized carbons (Fsp3) is 0.286. The van der Waals surface area contributed by atoms with Crippen molar-refractivity contribution in [2.45, 2.75) is 25.8 Å². The molecular formula is C14H12BrClFN3S. The summed E-state index contributed by atoms with van der Waals surface area (Å²) in [7, 11) is 0. The summed E-state index contributed by atoms with van der Waals surface area (Å²) in [5.41, 5.74) is 2.56. The van der Waals surface area contributed by atoms with Crippen LogP contribution in [-0.4, -0.2) is 14.5 Å². The van der Waals surface area contributed by atoms with Crippen LogP contribution in [0, 0.1) is 12.7 Å². The zero-order valence-corrected chi connectivity index (χ0v) is 14.4. The van der Waals surface area contributed by atoms with Crippen LogP contribution in [0.15, 0.2) is 22.0 Å². The molecule has 2 aromatic heterocycles. The zero-order valence-electron chi connectivity index (χ0n) is 11.2. The molecule has 0 N–H and O–H groups in total. The predicted molar refractivity (Wildman–Crippen MR) is 87.5 cm³/mol. The van der Waals surface area contributed by atoms with Gasteiger partial charge in [0.05, 0.1) is 32.1 Å². The molecule has 3 rings (SSSR count). The standard InChI is InChI=1S/C14H12BrClFN3S/c1-8-18-9(7-21-8)2-3-20-13-4-10(15)11(17)5-12(13)19-14(20)6-16/h4-5,7H,2-3,6H2,1H3. The summed E-state index contributed by atoms with van der Waals surface area (Å²) in [5.74, 6) is 0.726. The number of nitrogens with zero attached hydrogens (tertiary/aromatic N) is 3. The number of benzene rings is 1. The van der Waals surface area contributed by atoms with Crippen LogP contribution in [0.4, 0.5) is 4.39 Å². The van der Waals surface area contributed by atoms with E-state index in [4.69, 9.17) is 11.6 Å². The number of aromatic nitrogens is 3. The summed E-state index contributed by atoms with van der Waals surface area (Å²) >= 11 is 10.8. The van der Waals surface area contributed by atoms with Crippen molar-refractivity contribution in [2.24, 2.45) is 0 Å². The number of thiazole rings is 1. The molecule has 1 aromatic carbocycles. The van der Waals surface area contributed by atoms with Gasteiger partial charge in [-0.1, -0.05) is 0 Å². The molecule has 0 saturated heterocycles. The monoisotopic (exact) mass is 387 g/mol. The molecule has 0 atom stereocenters. The maximum Gasteiger partial charge on any atom is 0.139 e. The van der Waals surface area contributed by atoms with Crippen LogP contribution < -0.4 is 0 Å². The summed E-state index contributed by atoms with van der Waals surface area (Å²) in [6.07, 6.45) is 0.800. The number of aryl methyl sites for hydroxylation is 3. The van der Waals surface area contributed by atoms with Crippen molar-refractivity contribution < 1.29 is 4.39 Å². The topological polar surface area (TPSA) is 30.7 Å². The van der Waals surface area contributed by atoms with Crippen LogP contribution >= 0.6 is 38.9 Å². The summed E-state index contributed by atoms with van der Waals surface area (Å²) < 4.78 is 16.1. The van der Waals surface area contributed by atoms with E-state index < -0.39 is 0 Å². The van der Waals surface area contributed by atoms with Crippen LogP contribution in [0.1, 0.15) is 16.5 Å². The van der Waals surface area contributed by atoms with E-state index in [9.17, 15) is 4.39 Å². The smallest absolute Gasteiger partial charge is 0.139 e. The zero-order chi connectivity index (χ0) is 15.0. The third kappa shape index (κ3) is 2.98. The maximum atomic E-state index is 13.6. The molecule has 0 saturated carbocycles. The van der Waals surface area contributed by atoms with Crippen molar-refractivity contribution >= 4 is 49.9 Å². The molecule has 21 heavy (non-hydrogen) atoms. The Hall–Kier alpha value is -0.980. The molecular weight excluding hydrogens is 377 g/mol. The molecule has 0 aliphatic carbocycles. The Morgan fingerprint density at radius 1 is 1.38 bits per heavy atom. The van der Waals surface area contributed by atoms with Crippen molar-refractivity contribution in [1.82, 2.24) is 14.5 Å². The van der Waals surface area contributed by atoms with Crippen molar-refractivity contribution in [3.05, 3.63) is 44.3 Å². The van der Waals surface area contributed by atoms with Crippen molar-refractivity contribution in [2.75, 3.05) is 0 Å². The lowest BCUT2D eigenvalue weighted by atomic mass is 10.3. The molecule has 0 bridgehead atoms. The van der Waals surface area contributed by atoms with E-state index in [0.717, 1.165) is 35.0 Å². The van der Waals surface area contributed by atoms with Gasteiger partial charge >= 0.3 is 0 Å². The number of fused-ring (bicyclic) bond motifs is 1. The van der Waals surface area contributed by atoms with Crippen LogP contribution in [-0.2, 0) is 18.8 Å². The van der Waals surface area contributed by atoms with Gasteiger partial charge in [-0.2, -0.15) is 0 Å². The molecule has 0 fully saturated rings. The minimum atomic E-state index is -0.316. The van der Waals surface area contributed by atoms with Crippen molar-refractivity contribution in [1.29, 1.82) is 0 Å². The fourth-order valence-corrected chi connectivity index (χ4v) is 3.45. The Kier molecular flexibility index (Phi) is 4.28. The van der Waals surface area contributed by atoms with Gasteiger partial charge in [0, 0.05) is 24.4 Å². The number of halogens is 3. The second kappa shape index (κ2) is 6.02. The first-order valence-electron chi connectivity index (χ1n) is 6.39. The van der Waals surface area contributed by atoms with E-state index in [0.29, 0.717) is 15.9 Å². The van der Waals surface area contributed by atoms with E-state index in [2.05, 4.69) is 31.3 Å². The highest BCUT2D eigenvalue weighted by Gasteiger charge is 2.13. The quantitative estimate of drug-likeness (QED) is 0.607. The highest BCUT2D eigenvalue weighted by molar-refractivity contribution is 9.10. The molecule has 0 unspecified atom stereocenters. The molecule has 110 valence electrons. The van der Waals surface area contributed by atoms with Gasteiger partial charge in [-0.15, -0.1) is 22.9 Å². The van der Waals surface area contributed by atoms with Gasteiger partial charge in [0.2, 0.25) is 0 Å². The highest BCUT2D eigenvalue weighted by Crippen LogP contribution is 2.25. The second-order valence-electron chi connectivity index (χ2n) is 4.68. The number of alkyl halides is 1. The number of imidazole rings is 1. The van der Waals surface area contributed by atoms with E-state index >= 15 is 0 Å². The van der Waals surface area contributed by atoms with E-state index in [1.54, 1.807) is 17.4 Å². The van der Waals surface area contributed by atoms with Crippen molar-refractivity contribution in [3.8, 4) is 0 Å². The second-order valence-corrected chi connectivity index (χ2v) is 6.86. The van der Waals surface area contributed by atoms with E-state index in [-0.39, 0.29) is 5.82 Å². The maximum absolute atomic E-state index is 13.6. The lowest BCUT2D eigenvalue weighted by Crippen LogP contribution is -2.05. The number of rotatable bonds is 4. The SMILES string of the molecule is Cc1nc(CCn2c(CCl)nc3cc(F)c(Br)cc32)cs1. The minimum absolute atomic E-state index is 0.296. The molecule has 0 spiro atoms. The fourth-order valence-electron chi connectivity index (χ4n) is 2.27. The summed E-state index contributed by atoms with van der Waals surface area (Å²) in [6, 6.07) is 3.18. The molecule has 0 aliphatic rings. The van der Waals surface area contributed by atoms with Crippen LogP contribution in [0.2, 0.25) is 0 Å². The molecule has 2 heterocycles. The first-order chi connectivity index (χ1) is 10.1. The van der Waals surface area contributed by atoms with E-state index in [1.807, 2.05) is 11.5 Å².